The van der Waals surface area contributed by atoms with Gasteiger partial charge in [0.1, 0.15) is 11.4 Å². The van der Waals surface area contributed by atoms with E-state index >= 15 is 0 Å². The Morgan fingerprint density at radius 1 is 1.10 bits per heavy atom. The Labute approximate surface area is 168 Å². The number of hydrazone groups is 1. The first kappa shape index (κ1) is 19.9. The molecule has 0 radical (unpaired) electrons. The van der Waals surface area contributed by atoms with Gasteiger partial charge in [0.15, 0.2) is 11.5 Å². The van der Waals surface area contributed by atoms with Gasteiger partial charge in [0, 0.05) is 5.56 Å². The summed E-state index contributed by atoms with van der Waals surface area (Å²) in [5.74, 6) is 1.59. The molecule has 8 nitrogen and oxygen atoms in total. The molecule has 0 spiro atoms. The van der Waals surface area contributed by atoms with Crippen LogP contribution in [0, 0.1) is 0 Å². The molecule has 2 N–H and O–H groups in total. The number of hydrogen-bond donors (Lipinski definition) is 2. The first-order chi connectivity index (χ1) is 14.1. The van der Waals surface area contributed by atoms with Crippen molar-refractivity contribution in [1.82, 2.24) is 15.6 Å². The van der Waals surface area contributed by atoms with Crippen molar-refractivity contribution in [3.05, 3.63) is 59.8 Å². The number of aromatic nitrogens is 2. The van der Waals surface area contributed by atoms with Crippen LogP contribution in [0.3, 0.4) is 0 Å². The summed E-state index contributed by atoms with van der Waals surface area (Å²) in [5, 5.41) is 10.9. The molecular formula is C21H22N4O4. The molecule has 0 aliphatic carbocycles. The van der Waals surface area contributed by atoms with Gasteiger partial charge in [-0.3, -0.25) is 9.89 Å². The average molecular weight is 394 g/mol. The number of amides is 1. The molecule has 3 aromatic rings. The van der Waals surface area contributed by atoms with E-state index in [9.17, 15) is 4.79 Å². The van der Waals surface area contributed by atoms with Gasteiger partial charge in [0.05, 0.1) is 32.7 Å². The summed E-state index contributed by atoms with van der Waals surface area (Å²) in [5.41, 5.74) is 5.06. The van der Waals surface area contributed by atoms with Crippen molar-refractivity contribution in [3.63, 3.8) is 0 Å². The van der Waals surface area contributed by atoms with Crippen LogP contribution >= 0.6 is 0 Å². The highest BCUT2D eigenvalue weighted by Crippen LogP contribution is 2.26. The SMILES string of the molecule is CCOc1ccc(-c2cc(C(=O)N/N=C/c3ccc(OC)c(OC)c3)[nH]n2)cc1. The van der Waals surface area contributed by atoms with Crippen LogP contribution < -0.4 is 19.6 Å². The zero-order chi connectivity index (χ0) is 20.6. The van der Waals surface area contributed by atoms with Crippen molar-refractivity contribution < 1.29 is 19.0 Å². The van der Waals surface area contributed by atoms with E-state index in [1.54, 1.807) is 38.5 Å². The predicted molar refractivity (Wildman–Crippen MR) is 110 cm³/mol. The lowest BCUT2D eigenvalue weighted by Crippen LogP contribution is -2.18. The zero-order valence-electron chi connectivity index (χ0n) is 16.4. The number of rotatable bonds is 8. The second-order valence-electron chi connectivity index (χ2n) is 5.94. The van der Waals surface area contributed by atoms with E-state index in [-0.39, 0.29) is 0 Å². The van der Waals surface area contributed by atoms with Gasteiger partial charge in [0.25, 0.3) is 5.91 Å². The van der Waals surface area contributed by atoms with Crippen LogP contribution in [0.25, 0.3) is 11.3 Å². The number of carbonyl (C=O) groups is 1. The summed E-state index contributed by atoms with van der Waals surface area (Å²) < 4.78 is 15.9. The highest BCUT2D eigenvalue weighted by molar-refractivity contribution is 5.94. The molecule has 0 unspecified atom stereocenters. The molecule has 29 heavy (non-hydrogen) atoms. The second-order valence-corrected chi connectivity index (χ2v) is 5.94. The molecule has 1 heterocycles. The molecular weight excluding hydrogens is 372 g/mol. The molecule has 0 bridgehead atoms. The molecule has 150 valence electrons. The highest BCUT2D eigenvalue weighted by Gasteiger charge is 2.10. The summed E-state index contributed by atoms with van der Waals surface area (Å²) in [7, 11) is 3.12. The molecule has 8 heteroatoms. The Bertz CT molecular complexity index is 996. The van der Waals surface area contributed by atoms with E-state index in [1.807, 2.05) is 31.2 Å². The molecule has 0 aliphatic heterocycles. The maximum atomic E-state index is 12.3. The first-order valence-electron chi connectivity index (χ1n) is 8.98. The van der Waals surface area contributed by atoms with Crippen molar-refractivity contribution in [2.24, 2.45) is 5.10 Å². The number of hydrogen-bond acceptors (Lipinski definition) is 6. The number of nitrogens with zero attached hydrogens (tertiary/aromatic N) is 2. The average Bonchev–Trinajstić information content (AvgIpc) is 3.24. The molecule has 0 aliphatic rings. The number of carbonyl (C=O) groups excluding carboxylic acids is 1. The van der Waals surface area contributed by atoms with Crippen LogP contribution in [0.1, 0.15) is 23.0 Å². The van der Waals surface area contributed by atoms with Crippen LogP contribution in [0.4, 0.5) is 0 Å². The van der Waals surface area contributed by atoms with Gasteiger partial charge in [0.2, 0.25) is 0 Å². The van der Waals surface area contributed by atoms with E-state index in [0.717, 1.165) is 16.9 Å². The van der Waals surface area contributed by atoms with Gasteiger partial charge in [-0.05, 0) is 61.0 Å². The summed E-state index contributed by atoms with van der Waals surface area (Å²) >= 11 is 0. The van der Waals surface area contributed by atoms with Gasteiger partial charge in [-0.25, -0.2) is 5.43 Å². The van der Waals surface area contributed by atoms with Crippen LogP contribution in [-0.2, 0) is 0 Å². The zero-order valence-corrected chi connectivity index (χ0v) is 16.4. The Kier molecular flexibility index (Phi) is 6.47. The van der Waals surface area contributed by atoms with Gasteiger partial charge >= 0.3 is 0 Å². The normalized spacial score (nSPS) is 10.7. The number of aromatic amines is 1. The quantitative estimate of drug-likeness (QED) is 0.451. The Morgan fingerprint density at radius 3 is 2.55 bits per heavy atom. The molecule has 1 aromatic heterocycles. The van der Waals surface area contributed by atoms with Crippen LogP contribution in [0.5, 0.6) is 17.2 Å². The Morgan fingerprint density at radius 2 is 1.86 bits per heavy atom. The summed E-state index contributed by atoms with van der Waals surface area (Å²) in [6.45, 7) is 2.54. The maximum Gasteiger partial charge on any atom is 0.289 e. The molecule has 0 atom stereocenters. The van der Waals surface area contributed by atoms with Crippen LogP contribution in [0.2, 0.25) is 0 Å². The maximum absolute atomic E-state index is 12.3. The second kappa shape index (κ2) is 9.41. The first-order valence-corrected chi connectivity index (χ1v) is 8.98. The van der Waals surface area contributed by atoms with E-state index in [4.69, 9.17) is 14.2 Å². The lowest BCUT2D eigenvalue weighted by Gasteiger charge is -2.07. The summed E-state index contributed by atoms with van der Waals surface area (Å²) in [6.07, 6.45) is 1.52. The van der Waals surface area contributed by atoms with E-state index in [0.29, 0.717) is 29.5 Å². The van der Waals surface area contributed by atoms with E-state index < -0.39 is 5.91 Å². The van der Waals surface area contributed by atoms with Crippen molar-refractivity contribution in [2.75, 3.05) is 20.8 Å². The number of H-pyrrole nitrogens is 1. The number of benzene rings is 2. The monoisotopic (exact) mass is 394 g/mol. The van der Waals surface area contributed by atoms with Crippen molar-refractivity contribution in [1.29, 1.82) is 0 Å². The fourth-order valence-electron chi connectivity index (χ4n) is 2.63. The predicted octanol–water partition coefficient (Wildman–Crippen LogP) is 3.26. The van der Waals surface area contributed by atoms with Crippen molar-refractivity contribution in [3.8, 4) is 28.5 Å². The fourth-order valence-corrected chi connectivity index (χ4v) is 2.63. The van der Waals surface area contributed by atoms with Crippen molar-refractivity contribution in [2.45, 2.75) is 6.92 Å². The summed E-state index contributed by atoms with van der Waals surface area (Å²) in [6, 6.07) is 14.5. The largest absolute Gasteiger partial charge is 0.494 e. The number of methoxy groups -OCH3 is 2. The minimum Gasteiger partial charge on any atom is -0.494 e. The Hall–Kier alpha value is -3.81. The lowest BCUT2D eigenvalue weighted by molar-refractivity contribution is 0.0950. The smallest absolute Gasteiger partial charge is 0.289 e. The van der Waals surface area contributed by atoms with E-state index in [2.05, 4.69) is 20.7 Å². The van der Waals surface area contributed by atoms with Gasteiger partial charge < -0.3 is 14.2 Å². The van der Waals surface area contributed by atoms with Gasteiger partial charge in [-0.1, -0.05) is 0 Å². The highest BCUT2D eigenvalue weighted by atomic mass is 16.5. The lowest BCUT2D eigenvalue weighted by atomic mass is 10.1. The third-order valence-corrected chi connectivity index (χ3v) is 4.07. The topological polar surface area (TPSA) is 97.8 Å². The molecule has 0 fully saturated rings. The minimum atomic E-state index is -0.397. The molecule has 1 amide bonds. The molecule has 0 saturated carbocycles. The minimum absolute atomic E-state index is 0.304. The van der Waals surface area contributed by atoms with Gasteiger partial charge in [-0.2, -0.15) is 10.2 Å². The molecule has 0 saturated heterocycles. The van der Waals surface area contributed by atoms with Crippen LogP contribution in [0.15, 0.2) is 53.6 Å². The fraction of sp³-hybridized carbons (Fsp3) is 0.190. The van der Waals surface area contributed by atoms with E-state index in [1.165, 1.54) is 6.21 Å². The third kappa shape index (κ3) is 4.92. The van der Waals surface area contributed by atoms with Gasteiger partial charge in [-0.15, -0.1) is 0 Å². The summed E-state index contributed by atoms with van der Waals surface area (Å²) in [4.78, 5) is 12.3. The standard InChI is InChI=1S/C21H22N4O4/c1-4-29-16-8-6-15(7-9-16)17-12-18(24-23-17)21(26)25-22-13-14-5-10-19(27-2)20(11-14)28-3/h5-13H,4H2,1-3H3,(H,23,24)(H,25,26)/b22-13+. The molecule has 3 rings (SSSR count). The number of ether oxygens (including phenoxy) is 3. The van der Waals surface area contributed by atoms with Crippen molar-refractivity contribution >= 4 is 12.1 Å². The molecule has 2 aromatic carbocycles. The number of nitrogens with one attached hydrogen (secondary N) is 2. The van der Waals surface area contributed by atoms with Crippen LogP contribution in [-0.4, -0.2) is 43.1 Å². The Balaban J connectivity index is 1.63. The third-order valence-electron chi connectivity index (χ3n) is 4.07.